The van der Waals surface area contributed by atoms with Gasteiger partial charge in [0.2, 0.25) is 0 Å². The molecule has 6 heteroatoms. The molecular formula is C18H21ClN4O. The number of benzene rings is 1. The fourth-order valence-corrected chi connectivity index (χ4v) is 3.45. The van der Waals surface area contributed by atoms with Crippen molar-refractivity contribution in [1.29, 1.82) is 5.26 Å². The number of nitrogens with one attached hydrogen (secondary N) is 1. The molecule has 0 saturated carbocycles. The molecule has 1 aromatic carbocycles. The van der Waals surface area contributed by atoms with Gasteiger partial charge in [-0.25, -0.2) is 0 Å². The maximum Gasteiger partial charge on any atom is 0.174 e. The first-order valence-electron chi connectivity index (χ1n) is 8.18. The summed E-state index contributed by atoms with van der Waals surface area (Å²) in [6.45, 7) is 4.85. The van der Waals surface area contributed by atoms with Crippen molar-refractivity contribution in [3.8, 4) is 11.8 Å². The first-order chi connectivity index (χ1) is 11.7. The normalized spacial score (nSPS) is 18.3. The standard InChI is InChI=1S/C18H21ClN4O/c1-13-9-17(22-21-13)14-3-2-7-23(11-14)12-15-10-16(19)4-5-18(15)24-8-6-20/h4-5,9-10,14H,2-3,7-8,11-12H2,1H3,(H,21,22). The molecule has 1 unspecified atom stereocenters. The van der Waals surface area contributed by atoms with Crippen molar-refractivity contribution in [2.75, 3.05) is 19.7 Å². The largest absolute Gasteiger partial charge is 0.478 e. The number of H-pyrrole nitrogens is 1. The van der Waals surface area contributed by atoms with Crippen molar-refractivity contribution in [2.45, 2.75) is 32.2 Å². The SMILES string of the molecule is Cc1cc(C2CCCN(Cc3cc(Cl)ccc3OCC#N)C2)n[nH]1. The molecule has 5 nitrogen and oxygen atoms in total. The fraction of sp³-hybridized carbons (Fsp3) is 0.444. The number of piperidine rings is 1. The molecule has 1 saturated heterocycles. The Hall–Kier alpha value is -2.03. The van der Waals surface area contributed by atoms with Gasteiger partial charge in [-0.2, -0.15) is 10.4 Å². The van der Waals surface area contributed by atoms with Crippen LogP contribution in [-0.2, 0) is 6.54 Å². The molecule has 1 aromatic heterocycles. The number of halogens is 1. The molecule has 3 rings (SSSR count). The average molecular weight is 345 g/mol. The topological polar surface area (TPSA) is 64.9 Å². The average Bonchev–Trinajstić information content (AvgIpc) is 3.01. The van der Waals surface area contributed by atoms with Gasteiger partial charge in [-0.3, -0.25) is 10.00 Å². The summed E-state index contributed by atoms with van der Waals surface area (Å²) in [7, 11) is 0. The maximum atomic E-state index is 8.74. The number of hydrogen-bond acceptors (Lipinski definition) is 4. The molecule has 0 radical (unpaired) electrons. The van der Waals surface area contributed by atoms with Crippen LogP contribution in [0.4, 0.5) is 0 Å². The summed E-state index contributed by atoms with van der Waals surface area (Å²) >= 11 is 6.14. The highest BCUT2D eigenvalue weighted by atomic mass is 35.5. The number of aryl methyl sites for hydroxylation is 1. The number of aromatic nitrogens is 2. The molecule has 2 aromatic rings. The van der Waals surface area contributed by atoms with Crippen LogP contribution in [0, 0.1) is 18.3 Å². The van der Waals surface area contributed by atoms with E-state index in [1.807, 2.05) is 25.1 Å². The minimum atomic E-state index is 0.0454. The lowest BCUT2D eigenvalue weighted by molar-refractivity contribution is 0.196. The smallest absolute Gasteiger partial charge is 0.174 e. The van der Waals surface area contributed by atoms with Crippen molar-refractivity contribution in [3.05, 3.63) is 46.2 Å². The molecule has 1 aliphatic rings. The van der Waals surface area contributed by atoms with Gasteiger partial charge in [-0.05, 0) is 50.6 Å². The molecule has 0 aliphatic carbocycles. The Morgan fingerprint density at radius 1 is 1.46 bits per heavy atom. The maximum absolute atomic E-state index is 8.74. The zero-order chi connectivity index (χ0) is 16.9. The van der Waals surface area contributed by atoms with Gasteiger partial charge in [-0.1, -0.05) is 11.6 Å². The predicted octanol–water partition coefficient (Wildman–Crippen LogP) is 3.65. The molecule has 126 valence electrons. The van der Waals surface area contributed by atoms with E-state index in [4.69, 9.17) is 21.6 Å². The second-order valence-electron chi connectivity index (χ2n) is 6.25. The minimum absolute atomic E-state index is 0.0454. The lowest BCUT2D eigenvalue weighted by Crippen LogP contribution is -2.34. The van der Waals surface area contributed by atoms with Gasteiger partial charge in [0.25, 0.3) is 0 Å². The van der Waals surface area contributed by atoms with Crippen molar-refractivity contribution in [2.24, 2.45) is 0 Å². The Kier molecular flexibility index (Phi) is 5.39. The van der Waals surface area contributed by atoms with E-state index in [0.29, 0.717) is 10.9 Å². The highest BCUT2D eigenvalue weighted by molar-refractivity contribution is 6.30. The molecule has 0 bridgehead atoms. The van der Waals surface area contributed by atoms with Gasteiger partial charge < -0.3 is 4.74 Å². The third-order valence-electron chi connectivity index (χ3n) is 4.36. The third kappa shape index (κ3) is 4.08. The zero-order valence-corrected chi connectivity index (χ0v) is 14.5. The molecule has 0 spiro atoms. The molecule has 24 heavy (non-hydrogen) atoms. The summed E-state index contributed by atoms with van der Waals surface area (Å²) in [5.74, 6) is 1.19. The van der Waals surface area contributed by atoms with E-state index in [-0.39, 0.29) is 6.61 Å². The van der Waals surface area contributed by atoms with Crippen molar-refractivity contribution in [1.82, 2.24) is 15.1 Å². The van der Waals surface area contributed by atoms with Gasteiger partial charge in [0.15, 0.2) is 6.61 Å². The molecular weight excluding hydrogens is 324 g/mol. The van der Waals surface area contributed by atoms with Crippen LogP contribution in [0.3, 0.4) is 0 Å². The molecule has 2 heterocycles. The van der Waals surface area contributed by atoms with Crippen LogP contribution >= 0.6 is 11.6 Å². The van der Waals surface area contributed by atoms with Gasteiger partial charge in [0, 0.05) is 35.3 Å². The number of rotatable bonds is 5. The van der Waals surface area contributed by atoms with Crippen LogP contribution < -0.4 is 4.74 Å². The second-order valence-corrected chi connectivity index (χ2v) is 6.69. The van der Waals surface area contributed by atoms with Gasteiger partial charge in [0.1, 0.15) is 11.8 Å². The Morgan fingerprint density at radius 3 is 3.08 bits per heavy atom. The summed E-state index contributed by atoms with van der Waals surface area (Å²) < 4.78 is 5.53. The van der Waals surface area contributed by atoms with E-state index >= 15 is 0 Å². The van der Waals surface area contributed by atoms with Crippen LogP contribution in [0.2, 0.25) is 5.02 Å². The Labute approximate surface area is 147 Å². The summed E-state index contributed by atoms with van der Waals surface area (Å²) in [6.07, 6.45) is 2.31. The van der Waals surface area contributed by atoms with Gasteiger partial charge in [0.05, 0.1) is 5.69 Å². The van der Waals surface area contributed by atoms with E-state index in [1.54, 1.807) is 6.07 Å². The second kappa shape index (κ2) is 7.69. The lowest BCUT2D eigenvalue weighted by Gasteiger charge is -2.32. The predicted molar refractivity (Wildman–Crippen MR) is 93.1 cm³/mol. The quantitative estimate of drug-likeness (QED) is 0.899. The summed E-state index contributed by atoms with van der Waals surface area (Å²) in [5.41, 5.74) is 3.27. The number of nitriles is 1. The monoisotopic (exact) mass is 344 g/mol. The first-order valence-corrected chi connectivity index (χ1v) is 8.56. The van der Waals surface area contributed by atoms with Gasteiger partial charge >= 0.3 is 0 Å². The minimum Gasteiger partial charge on any atom is -0.478 e. The zero-order valence-electron chi connectivity index (χ0n) is 13.8. The number of likely N-dealkylation sites (tertiary alicyclic amines) is 1. The van der Waals surface area contributed by atoms with Crippen LogP contribution in [0.5, 0.6) is 5.75 Å². The summed E-state index contributed by atoms with van der Waals surface area (Å²) in [6, 6.07) is 9.71. The van der Waals surface area contributed by atoms with Crippen LogP contribution in [0.1, 0.15) is 35.7 Å². The summed E-state index contributed by atoms with van der Waals surface area (Å²) in [4.78, 5) is 2.41. The first kappa shape index (κ1) is 16.8. The summed E-state index contributed by atoms with van der Waals surface area (Å²) in [5, 5.41) is 16.9. The molecule has 1 aliphatic heterocycles. The van der Waals surface area contributed by atoms with Crippen LogP contribution in [0.15, 0.2) is 24.3 Å². The van der Waals surface area contributed by atoms with Crippen molar-refractivity contribution in [3.63, 3.8) is 0 Å². The van der Waals surface area contributed by atoms with E-state index in [1.165, 1.54) is 0 Å². The molecule has 1 N–H and O–H groups in total. The van der Waals surface area contributed by atoms with E-state index in [0.717, 1.165) is 55.2 Å². The van der Waals surface area contributed by atoms with Crippen molar-refractivity contribution < 1.29 is 4.74 Å². The Bertz CT molecular complexity index is 737. The molecule has 1 fully saturated rings. The van der Waals surface area contributed by atoms with Crippen LogP contribution in [-0.4, -0.2) is 34.8 Å². The fourth-order valence-electron chi connectivity index (χ4n) is 3.25. The van der Waals surface area contributed by atoms with E-state index in [9.17, 15) is 0 Å². The lowest BCUT2D eigenvalue weighted by atomic mass is 9.94. The Balaban J connectivity index is 1.71. The number of ether oxygens (including phenoxy) is 1. The number of nitrogens with zero attached hydrogens (tertiary/aromatic N) is 3. The number of aromatic amines is 1. The molecule has 0 amide bonds. The Morgan fingerprint density at radius 2 is 2.33 bits per heavy atom. The number of hydrogen-bond donors (Lipinski definition) is 1. The molecule has 1 atom stereocenters. The third-order valence-corrected chi connectivity index (χ3v) is 4.59. The van der Waals surface area contributed by atoms with Crippen molar-refractivity contribution >= 4 is 11.6 Å². The highest BCUT2D eigenvalue weighted by Gasteiger charge is 2.24. The van der Waals surface area contributed by atoms with E-state index in [2.05, 4.69) is 21.2 Å². The highest BCUT2D eigenvalue weighted by Crippen LogP contribution is 2.29. The van der Waals surface area contributed by atoms with E-state index < -0.39 is 0 Å². The van der Waals surface area contributed by atoms with Gasteiger partial charge in [-0.15, -0.1) is 0 Å². The van der Waals surface area contributed by atoms with Crippen LogP contribution in [0.25, 0.3) is 0 Å².